The van der Waals surface area contributed by atoms with E-state index < -0.39 is 0 Å². The first kappa shape index (κ1) is 14.6. The van der Waals surface area contributed by atoms with Gasteiger partial charge in [-0.3, -0.25) is 0 Å². The second-order valence-electron chi connectivity index (χ2n) is 4.97. The lowest BCUT2D eigenvalue weighted by Gasteiger charge is -2.20. The number of aromatic nitrogens is 2. The van der Waals surface area contributed by atoms with Gasteiger partial charge in [-0.2, -0.15) is 10.2 Å². The van der Waals surface area contributed by atoms with Gasteiger partial charge < -0.3 is 5.32 Å². The van der Waals surface area contributed by atoms with Gasteiger partial charge in [-0.25, -0.2) is 4.39 Å². The lowest BCUT2D eigenvalue weighted by molar-refractivity contribution is 0.612. The zero-order chi connectivity index (χ0) is 14.7. The molecule has 0 aliphatic heterocycles. The quantitative estimate of drug-likeness (QED) is 0.930. The Hall–Kier alpha value is -1.81. The Labute approximate surface area is 119 Å². The third kappa shape index (κ3) is 2.85. The number of hydrogen-bond donors (Lipinski definition) is 1. The molecule has 1 atom stereocenters. The maximum absolute atomic E-state index is 13.4. The van der Waals surface area contributed by atoms with Gasteiger partial charge in [-0.15, -0.1) is 0 Å². The third-order valence-electron chi connectivity index (χ3n) is 3.48. The Morgan fingerprint density at radius 2 is 1.95 bits per heavy atom. The molecule has 1 aromatic carbocycles. The topological polar surface area (TPSA) is 37.8 Å². The first-order chi connectivity index (χ1) is 9.56. The van der Waals surface area contributed by atoms with Crippen LogP contribution in [0, 0.1) is 19.7 Å². The average Bonchev–Trinajstić information content (AvgIpc) is 2.44. The highest BCUT2D eigenvalue weighted by atomic mass is 19.1. The van der Waals surface area contributed by atoms with E-state index in [0.717, 1.165) is 28.9 Å². The van der Waals surface area contributed by atoms with Crippen LogP contribution >= 0.6 is 0 Å². The van der Waals surface area contributed by atoms with Crippen molar-refractivity contribution in [2.24, 2.45) is 0 Å². The summed E-state index contributed by atoms with van der Waals surface area (Å²) in [6.45, 7) is 5.77. The molecule has 3 nitrogen and oxygen atoms in total. The monoisotopic (exact) mass is 273 g/mol. The van der Waals surface area contributed by atoms with Gasteiger partial charge in [-0.05, 0) is 56.1 Å². The number of benzene rings is 1. The number of hydrogen-bond acceptors (Lipinski definition) is 3. The summed E-state index contributed by atoms with van der Waals surface area (Å²) in [5, 5.41) is 11.7. The summed E-state index contributed by atoms with van der Waals surface area (Å²) < 4.78 is 13.4. The normalized spacial score (nSPS) is 12.4. The zero-order valence-electron chi connectivity index (χ0n) is 12.4. The highest BCUT2D eigenvalue weighted by molar-refractivity contribution is 5.36. The maximum atomic E-state index is 13.4. The fourth-order valence-electron chi connectivity index (χ4n) is 2.41. The largest absolute Gasteiger partial charge is 0.309 e. The minimum Gasteiger partial charge on any atom is -0.309 e. The molecule has 0 amide bonds. The molecule has 1 N–H and O–H groups in total. The smallest absolute Gasteiger partial charge is 0.126 e. The van der Waals surface area contributed by atoms with Gasteiger partial charge in [0.15, 0.2) is 0 Å². The number of nitrogens with zero attached hydrogens (tertiary/aromatic N) is 2. The standard InChI is InChI=1S/C16H20FN3/c1-5-15-13(9-11(3)19-20-15)16(18-4)12-6-7-14(17)10(2)8-12/h6-9,16,18H,5H2,1-4H3. The second kappa shape index (κ2) is 6.09. The molecule has 1 heterocycles. The Morgan fingerprint density at radius 1 is 1.20 bits per heavy atom. The Bertz CT molecular complexity index is 611. The van der Waals surface area contributed by atoms with Gasteiger partial charge >= 0.3 is 0 Å². The molecule has 2 aromatic rings. The molecule has 0 fully saturated rings. The highest BCUT2D eigenvalue weighted by Crippen LogP contribution is 2.26. The summed E-state index contributed by atoms with van der Waals surface area (Å²) in [4.78, 5) is 0. The Morgan fingerprint density at radius 3 is 2.55 bits per heavy atom. The summed E-state index contributed by atoms with van der Waals surface area (Å²) in [7, 11) is 1.90. The van der Waals surface area contributed by atoms with Crippen molar-refractivity contribution in [2.45, 2.75) is 33.2 Å². The van der Waals surface area contributed by atoms with Crippen molar-refractivity contribution in [3.8, 4) is 0 Å². The summed E-state index contributed by atoms with van der Waals surface area (Å²) in [5.41, 5.74) is 4.65. The molecule has 0 radical (unpaired) electrons. The van der Waals surface area contributed by atoms with Crippen molar-refractivity contribution in [1.29, 1.82) is 0 Å². The Balaban J connectivity index is 2.51. The second-order valence-corrected chi connectivity index (χ2v) is 4.97. The van der Waals surface area contributed by atoms with E-state index >= 15 is 0 Å². The molecule has 106 valence electrons. The zero-order valence-corrected chi connectivity index (χ0v) is 12.4. The molecule has 0 aliphatic rings. The molecule has 0 spiro atoms. The van der Waals surface area contributed by atoms with Crippen molar-refractivity contribution in [2.75, 3.05) is 7.05 Å². The van der Waals surface area contributed by atoms with Gasteiger partial charge in [0, 0.05) is 0 Å². The van der Waals surface area contributed by atoms with E-state index in [4.69, 9.17) is 0 Å². The molecule has 0 saturated carbocycles. The van der Waals surface area contributed by atoms with Crippen LogP contribution in [0.25, 0.3) is 0 Å². The lowest BCUT2D eigenvalue weighted by atomic mass is 9.95. The average molecular weight is 273 g/mol. The van der Waals surface area contributed by atoms with Crippen LogP contribution in [0.15, 0.2) is 24.3 Å². The van der Waals surface area contributed by atoms with Crippen molar-refractivity contribution in [3.63, 3.8) is 0 Å². The fourth-order valence-corrected chi connectivity index (χ4v) is 2.41. The fraction of sp³-hybridized carbons (Fsp3) is 0.375. The number of aryl methyl sites for hydroxylation is 3. The summed E-state index contributed by atoms with van der Waals surface area (Å²) in [5.74, 6) is -0.177. The molecule has 1 aromatic heterocycles. The molecule has 20 heavy (non-hydrogen) atoms. The van der Waals surface area contributed by atoms with Crippen LogP contribution in [0.2, 0.25) is 0 Å². The third-order valence-corrected chi connectivity index (χ3v) is 3.48. The van der Waals surface area contributed by atoms with E-state index in [1.165, 1.54) is 6.07 Å². The van der Waals surface area contributed by atoms with E-state index in [1.54, 1.807) is 6.92 Å². The van der Waals surface area contributed by atoms with Crippen molar-refractivity contribution < 1.29 is 4.39 Å². The van der Waals surface area contributed by atoms with E-state index in [9.17, 15) is 4.39 Å². The minimum absolute atomic E-state index is 0.00144. The molecule has 4 heteroatoms. The van der Waals surface area contributed by atoms with Gasteiger partial charge in [0.25, 0.3) is 0 Å². The van der Waals surface area contributed by atoms with Crippen LogP contribution in [0.1, 0.15) is 41.0 Å². The summed E-state index contributed by atoms with van der Waals surface area (Å²) in [6.07, 6.45) is 0.820. The van der Waals surface area contributed by atoms with Gasteiger partial charge in [-0.1, -0.05) is 19.1 Å². The lowest BCUT2D eigenvalue weighted by Crippen LogP contribution is -2.20. The SMILES string of the molecule is CCc1nnc(C)cc1C(NC)c1ccc(F)c(C)c1. The molecular formula is C16H20FN3. The highest BCUT2D eigenvalue weighted by Gasteiger charge is 2.17. The van der Waals surface area contributed by atoms with Crippen LogP contribution in [-0.4, -0.2) is 17.2 Å². The van der Waals surface area contributed by atoms with E-state index in [0.29, 0.717) is 5.56 Å². The summed E-state index contributed by atoms with van der Waals surface area (Å²) in [6, 6.07) is 7.26. The van der Waals surface area contributed by atoms with E-state index in [1.807, 2.05) is 32.2 Å². The maximum Gasteiger partial charge on any atom is 0.126 e. The van der Waals surface area contributed by atoms with Crippen molar-refractivity contribution >= 4 is 0 Å². The summed E-state index contributed by atoms with van der Waals surface area (Å²) >= 11 is 0. The van der Waals surface area contributed by atoms with Crippen molar-refractivity contribution in [1.82, 2.24) is 15.5 Å². The number of halogens is 1. The van der Waals surface area contributed by atoms with Gasteiger partial charge in [0.2, 0.25) is 0 Å². The number of nitrogens with one attached hydrogen (secondary N) is 1. The molecule has 1 unspecified atom stereocenters. The van der Waals surface area contributed by atoms with Gasteiger partial charge in [0.05, 0.1) is 17.4 Å². The first-order valence-corrected chi connectivity index (χ1v) is 6.83. The van der Waals surface area contributed by atoms with Crippen LogP contribution in [0.4, 0.5) is 4.39 Å². The predicted molar refractivity (Wildman–Crippen MR) is 78.2 cm³/mol. The van der Waals surface area contributed by atoms with E-state index in [2.05, 4.69) is 22.4 Å². The predicted octanol–water partition coefficient (Wildman–Crippen LogP) is 3.10. The van der Waals surface area contributed by atoms with Crippen LogP contribution in [0.3, 0.4) is 0 Å². The van der Waals surface area contributed by atoms with Crippen LogP contribution < -0.4 is 5.32 Å². The molecule has 0 aliphatic carbocycles. The minimum atomic E-state index is -0.177. The van der Waals surface area contributed by atoms with Crippen LogP contribution in [-0.2, 0) is 6.42 Å². The van der Waals surface area contributed by atoms with Crippen LogP contribution in [0.5, 0.6) is 0 Å². The molecule has 0 saturated heterocycles. The molecular weight excluding hydrogens is 253 g/mol. The number of rotatable bonds is 4. The van der Waals surface area contributed by atoms with E-state index in [-0.39, 0.29) is 11.9 Å². The van der Waals surface area contributed by atoms with Crippen molar-refractivity contribution in [3.05, 3.63) is 58.2 Å². The Kier molecular flexibility index (Phi) is 4.45. The molecule has 2 rings (SSSR count). The van der Waals surface area contributed by atoms with Gasteiger partial charge in [0.1, 0.15) is 5.82 Å². The molecule has 0 bridgehead atoms. The first-order valence-electron chi connectivity index (χ1n) is 6.83.